The van der Waals surface area contributed by atoms with E-state index in [9.17, 15) is 25.2 Å². The Morgan fingerprint density at radius 3 is 2.54 bits per heavy atom. The third kappa shape index (κ3) is 6.62. The van der Waals surface area contributed by atoms with Crippen LogP contribution in [0, 0.1) is 5.92 Å². The van der Waals surface area contributed by atoms with Crippen LogP contribution in [0.25, 0.3) is 0 Å². The molecule has 1 amide bonds. The van der Waals surface area contributed by atoms with E-state index < -0.39 is 47.3 Å². The van der Waals surface area contributed by atoms with E-state index in [1.807, 2.05) is 12.1 Å². The first-order valence-electron chi connectivity index (χ1n) is 12.5. The first kappa shape index (κ1) is 30.6. The zero-order chi connectivity index (χ0) is 26.0. The molecular weight excluding hydrogens is 520 g/mol. The number of fused-ring (bicyclic) bond motifs is 1. The number of nitrogens with one attached hydrogen (secondary N) is 2. The predicted molar refractivity (Wildman–Crippen MR) is 144 cm³/mol. The second-order valence-electron chi connectivity index (χ2n) is 9.99. The van der Waals surface area contributed by atoms with Gasteiger partial charge in [-0.3, -0.25) is 4.79 Å². The van der Waals surface area contributed by atoms with Gasteiger partial charge in [0.15, 0.2) is 0 Å². The van der Waals surface area contributed by atoms with Gasteiger partial charge in [-0.05, 0) is 43.1 Å². The first-order chi connectivity index (χ1) is 17.2. The van der Waals surface area contributed by atoms with Gasteiger partial charge in [-0.25, -0.2) is 0 Å². The Bertz CT molecular complexity index is 877. The lowest BCUT2D eigenvalue weighted by Crippen LogP contribution is -2.65. The fourth-order valence-corrected chi connectivity index (χ4v) is 6.47. The Morgan fingerprint density at radius 1 is 1.22 bits per heavy atom. The standard InChI is InChI=1S/C25H37ClN2O7S.CH4/c1-12(26)17(23-20(31)19(30)21(32)25(35-23)36-2)28-24(33)18-22-16(10-27-18)9-15(7-8-34-22)14-5-3-13(11-29)4-6-14;/h3-6,12,15-23,25,27,29-32H,7-11H2,1-2H3,(H,28,33);1H4/t12-,15+,16-,17+,18-,19+,20?,21+,22+,23+,25?;/m0./s1. The van der Waals surface area contributed by atoms with Gasteiger partial charge in [0.05, 0.1) is 24.1 Å². The number of aliphatic hydroxyl groups is 4. The molecule has 6 N–H and O–H groups in total. The lowest BCUT2D eigenvalue weighted by Gasteiger charge is -2.44. The normalized spacial score (nSPS) is 37.5. The number of alkyl halides is 1. The van der Waals surface area contributed by atoms with Crippen molar-refractivity contribution in [2.24, 2.45) is 5.92 Å². The van der Waals surface area contributed by atoms with Crippen molar-refractivity contribution in [3.8, 4) is 0 Å². The number of hydrogen-bond donors (Lipinski definition) is 6. The summed E-state index contributed by atoms with van der Waals surface area (Å²) in [4.78, 5) is 13.4. The fourth-order valence-electron chi connectivity index (χ4n) is 5.58. The predicted octanol–water partition coefficient (Wildman–Crippen LogP) is 0.948. The van der Waals surface area contributed by atoms with Crippen molar-refractivity contribution in [1.29, 1.82) is 0 Å². The molecule has 1 aromatic rings. The molecule has 3 aliphatic heterocycles. The summed E-state index contributed by atoms with van der Waals surface area (Å²) in [6, 6.07) is 6.60. The molecule has 0 bridgehead atoms. The van der Waals surface area contributed by atoms with Crippen molar-refractivity contribution in [1.82, 2.24) is 10.6 Å². The molecule has 210 valence electrons. The monoisotopic (exact) mass is 560 g/mol. The number of benzene rings is 1. The second-order valence-corrected chi connectivity index (χ2v) is 11.6. The number of hydrogen-bond acceptors (Lipinski definition) is 9. The van der Waals surface area contributed by atoms with Gasteiger partial charge >= 0.3 is 0 Å². The summed E-state index contributed by atoms with van der Waals surface area (Å²) < 4.78 is 12.0. The van der Waals surface area contributed by atoms with Crippen molar-refractivity contribution < 1.29 is 34.7 Å². The van der Waals surface area contributed by atoms with E-state index in [-0.39, 0.29) is 32.0 Å². The minimum absolute atomic E-state index is 0. The summed E-state index contributed by atoms with van der Waals surface area (Å²) >= 11 is 7.63. The second kappa shape index (κ2) is 13.4. The molecular formula is C26H41ClN2O7S. The van der Waals surface area contributed by atoms with Crippen LogP contribution in [-0.4, -0.2) is 99.2 Å². The summed E-state index contributed by atoms with van der Waals surface area (Å²) in [7, 11) is 0. The SMILES string of the molecule is C.CSC1O[C@H]([C@H](NC(=O)[C@H]2NC[C@@H]3C[C@H](c4ccc(CO)cc4)CCO[C@H]32)[C@H](C)Cl)C(O)[C@@H](O)[C@H]1O. The number of ether oxygens (including phenoxy) is 2. The molecule has 11 heteroatoms. The van der Waals surface area contributed by atoms with Gasteiger partial charge in [0.25, 0.3) is 0 Å². The molecule has 3 heterocycles. The van der Waals surface area contributed by atoms with Crippen LogP contribution in [-0.2, 0) is 20.9 Å². The van der Waals surface area contributed by atoms with Crippen LogP contribution in [0.15, 0.2) is 24.3 Å². The van der Waals surface area contributed by atoms with E-state index in [2.05, 4.69) is 22.8 Å². The smallest absolute Gasteiger partial charge is 0.240 e. The average molecular weight is 561 g/mol. The van der Waals surface area contributed by atoms with Crippen LogP contribution in [0.1, 0.15) is 44.2 Å². The largest absolute Gasteiger partial charge is 0.392 e. The van der Waals surface area contributed by atoms with Crippen molar-refractivity contribution in [3.63, 3.8) is 0 Å². The van der Waals surface area contributed by atoms with E-state index in [1.165, 1.54) is 17.3 Å². The Hall–Kier alpha value is -0.950. The van der Waals surface area contributed by atoms with Gasteiger partial charge in [-0.2, -0.15) is 0 Å². The summed E-state index contributed by atoms with van der Waals surface area (Å²) in [5.74, 6) is 0.143. The average Bonchev–Trinajstić information content (AvgIpc) is 3.16. The Balaban J connectivity index is 0.00000380. The molecule has 37 heavy (non-hydrogen) atoms. The molecule has 1 aromatic carbocycles. The van der Waals surface area contributed by atoms with Crippen molar-refractivity contribution in [2.75, 3.05) is 19.4 Å². The Morgan fingerprint density at radius 2 is 1.92 bits per heavy atom. The number of halogens is 1. The number of aliphatic hydroxyl groups excluding tert-OH is 4. The van der Waals surface area contributed by atoms with Gasteiger partial charge in [-0.1, -0.05) is 31.7 Å². The topological polar surface area (TPSA) is 141 Å². The third-order valence-electron chi connectivity index (χ3n) is 7.67. The highest BCUT2D eigenvalue weighted by molar-refractivity contribution is 7.99. The minimum atomic E-state index is -1.42. The van der Waals surface area contributed by atoms with Crippen LogP contribution in [0.4, 0.5) is 0 Å². The summed E-state index contributed by atoms with van der Waals surface area (Å²) in [5, 5.41) is 46.0. The van der Waals surface area contributed by atoms with Crippen LogP contribution < -0.4 is 10.6 Å². The van der Waals surface area contributed by atoms with Crippen LogP contribution in [0.5, 0.6) is 0 Å². The van der Waals surface area contributed by atoms with Gasteiger partial charge in [0.1, 0.15) is 35.9 Å². The van der Waals surface area contributed by atoms with Gasteiger partial charge < -0.3 is 40.5 Å². The van der Waals surface area contributed by atoms with Crippen LogP contribution >= 0.6 is 23.4 Å². The fraction of sp³-hybridized carbons (Fsp3) is 0.731. The van der Waals surface area contributed by atoms with Crippen molar-refractivity contribution >= 4 is 29.3 Å². The van der Waals surface area contributed by atoms with Crippen molar-refractivity contribution in [3.05, 3.63) is 35.4 Å². The molecule has 0 saturated carbocycles. The van der Waals surface area contributed by atoms with Gasteiger partial charge in [0.2, 0.25) is 5.91 Å². The Kier molecular flexibility index (Phi) is 11.1. The molecule has 9 nitrogen and oxygen atoms in total. The van der Waals surface area contributed by atoms with E-state index >= 15 is 0 Å². The lowest BCUT2D eigenvalue weighted by atomic mass is 9.85. The Labute approximate surface area is 228 Å². The summed E-state index contributed by atoms with van der Waals surface area (Å²) in [6.07, 6.45) is -1.92. The molecule has 2 unspecified atom stereocenters. The number of carbonyl (C=O) groups is 1. The zero-order valence-electron chi connectivity index (χ0n) is 20.5. The molecule has 0 spiro atoms. The number of amides is 1. The molecule has 0 radical (unpaired) electrons. The highest BCUT2D eigenvalue weighted by Gasteiger charge is 2.49. The van der Waals surface area contributed by atoms with Gasteiger partial charge in [-0.15, -0.1) is 23.4 Å². The number of rotatable bonds is 7. The zero-order valence-corrected chi connectivity index (χ0v) is 22.1. The summed E-state index contributed by atoms with van der Waals surface area (Å²) in [6.45, 7) is 2.87. The van der Waals surface area contributed by atoms with Crippen LogP contribution in [0.2, 0.25) is 0 Å². The highest BCUT2D eigenvalue weighted by atomic mass is 35.5. The van der Waals surface area contributed by atoms with E-state index in [4.69, 9.17) is 21.1 Å². The van der Waals surface area contributed by atoms with E-state index in [0.29, 0.717) is 19.1 Å². The molecule has 0 aliphatic carbocycles. The quantitative estimate of drug-likeness (QED) is 0.269. The minimum Gasteiger partial charge on any atom is -0.392 e. The first-order valence-corrected chi connectivity index (χ1v) is 14.2. The molecule has 4 rings (SSSR count). The number of thioether (sulfide) groups is 1. The maximum atomic E-state index is 13.4. The molecule has 3 saturated heterocycles. The third-order valence-corrected chi connectivity index (χ3v) is 8.80. The van der Waals surface area contributed by atoms with Crippen LogP contribution in [0.3, 0.4) is 0 Å². The highest BCUT2D eigenvalue weighted by Crippen LogP contribution is 2.36. The molecule has 0 aromatic heterocycles. The van der Waals surface area contributed by atoms with Crippen molar-refractivity contribution in [2.45, 2.75) is 93.1 Å². The van der Waals surface area contributed by atoms with Gasteiger partial charge in [0, 0.05) is 19.1 Å². The van der Waals surface area contributed by atoms with E-state index in [1.54, 1.807) is 13.2 Å². The molecule has 3 aliphatic rings. The lowest BCUT2D eigenvalue weighted by molar-refractivity contribution is -0.205. The maximum Gasteiger partial charge on any atom is 0.240 e. The van der Waals surface area contributed by atoms with E-state index in [0.717, 1.165) is 18.4 Å². The summed E-state index contributed by atoms with van der Waals surface area (Å²) in [5.41, 5.74) is 1.32. The maximum absolute atomic E-state index is 13.4. The number of carbonyl (C=O) groups excluding carboxylic acids is 1. The molecule has 3 fully saturated rings. The molecule has 11 atom stereocenters.